The maximum Gasteiger partial charge on any atom is 0.254 e. The van der Waals surface area contributed by atoms with Gasteiger partial charge in [-0.2, -0.15) is 0 Å². The summed E-state index contributed by atoms with van der Waals surface area (Å²) in [6.45, 7) is 1.66. The maximum absolute atomic E-state index is 13.3. The fourth-order valence-electron chi connectivity index (χ4n) is 4.33. The molecule has 2 heterocycles. The summed E-state index contributed by atoms with van der Waals surface area (Å²) in [4.78, 5) is 29.9. The van der Waals surface area contributed by atoms with Crippen molar-refractivity contribution in [3.05, 3.63) is 59.7 Å². The fraction of sp³-hybridized carbons (Fsp3) is 0.417. The van der Waals surface area contributed by atoms with E-state index in [-0.39, 0.29) is 18.4 Å². The van der Waals surface area contributed by atoms with Gasteiger partial charge >= 0.3 is 0 Å². The summed E-state index contributed by atoms with van der Waals surface area (Å²) in [5, 5.41) is 0. The van der Waals surface area contributed by atoms with Gasteiger partial charge in [-0.15, -0.1) is 0 Å². The van der Waals surface area contributed by atoms with E-state index in [1.807, 2.05) is 47.4 Å². The first-order valence-electron chi connectivity index (χ1n) is 10.6. The Morgan fingerprint density at radius 1 is 1.06 bits per heavy atom. The summed E-state index contributed by atoms with van der Waals surface area (Å²) in [6.07, 6.45) is 1.27. The molecule has 7 heteroatoms. The van der Waals surface area contributed by atoms with Gasteiger partial charge in [-0.1, -0.05) is 30.3 Å². The second-order valence-corrected chi connectivity index (χ2v) is 7.82. The number of hydrogen-bond acceptors (Lipinski definition) is 5. The van der Waals surface area contributed by atoms with E-state index in [0.29, 0.717) is 18.0 Å². The molecule has 0 unspecified atom stereocenters. The standard InChI is InChI=1S/C24H28N2O5/c1-29-19-11-10-18(20(14-19)30-2)15-26-21(27)16-31-23(24(28)25-12-6-7-13-25)22(26)17-8-4-3-5-9-17/h3-5,8-11,14,22-23H,6-7,12-13,15-16H2,1-2H3/t22-,23+/m0/s1. The molecule has 2 aromatic carbocycles. The lowest BCUT2D eigenvalue weighted by Crippen LogP contribution is -2.54. The number of hydrogen-bond donors (Lipinski definition) is 0. The molecule has 2 aromatic rings. The van der Waals surface area contributed by atoms with Crippen LogP contribution in [0.5, 0.6) is 11.5 Å². The Labute approximate surface area is 182 Å². The van der Waals surface area contributed by atoms with Crippen molar-refractivity contribution in [3.63, 3.8) is 0 Å². The topological polar surface area (TPSA) is 68.3 Å². The Bertz CT molecular complexity index is 927. The molecule has 31 heavy (non-hydrogen) atoms. The number of amides is 2. The number of nitrogens with zero attached hydrogens (tertiary/aromatic N) is 2. The maximum atomic E-state index is 13.3. The van der Waals surface area contributed by atoms with Gasteiger partial charge in [-0.05, 0) is 30.5 Å². The van der Waals surface area contributed by atoms with E-state index in [4.69, 9.17) is 14.2 Å². The van der Waals surface area contributed by atoms with E-state index in [9.17, 15) is 9.59 Å². The Balaban J connectivity index is 1.70. The number of carbonyl (C=O) groups excluding carboxylic acids is 2. The van der Waals surface area contributed by atoms with E-state index in [1.54, 1.807) is 25.2 Å². The molecule has 0 N–H and O–H groups in total. The summed E-state index contributed by atoms with van der Waals surface area (Å²) in [7, 11) is 3.19. The van der Waals surface area contributed by atoms with Crippen LogP contribution in [0.1, 0.15) is 30.0 Å². The van der Waals surface area contributed by atoms with Crippen molar-refractivity contribution in [2.45, 2.75) is 31.5 Å². The average Bonchev–Trinajstić information content (AvgIpc) is 3.35. The molecule has 0 spiro atoms. The zero-order valence-electron chi connectivity index (χ0n) is 18.0. The van der Waals surface area contributed by atoms with Crippen molar-refractivity contribution in [2.75, 3.05) is 33.9 Å². The largest absolute Gasteiger partial charge is 0.497 e. The zero-order valence-corrected chi connectivity index (χ0v) is 18.0. The number of ether oxygens (including phenoxy) is 3. The summed E-state index contributed by atoms with van der Waals surface area (Å²) < 4.78 is 16.7. The lowest BCUT2D eigenvalue weighted by molar-refractivity contribution is -0.169. The molecular weight excluding hydrogens is 396 g/mol. The van der Waals surface area contributed by atoms with E-state index < -0.39 is 12.1 Å². The quantitative estimate of drug-likeness (QED) is 0.713. The van der Waals surface area contributed by atoms with Crippen LogP contribution in [0.3, 0.4) is 0 Å². The predicted octanol–water partition coefficient (Wildman–Crippen LogP) is 2.79. The third-order valence-corrected chi connectivity index (χ3v) is 5.97. The summed E-state index contributed by atoms with van der Waals surface area (Å²) in [6, 6.07) is 14.6. The number of benzene rings is 2. The van der Waals surface area contributed by atoms with Crippen LogP contribution in [0, 0.1) is 0 Å². The van der Waals surface area contributed by atoms with Crippen molar-refractivity contribution >= 4 is 11.8 Å². The molecule has 0 bridgehead atoms. The zero-order chi connectivity index (χ0) is 21.8. The smallest absolute Gasteiger partial charge is 0.254 e. The van der Waals surface area contributed by atoms with Gasteiger partial charge in [0, 0.05) is 24.7 Å². The molecule has 0 aromatic heterocycles. The van der Waals surface area contributed by atoms with Crippen LogP contribution in [0.25, 0.3) is 0 Å². The Hall–Kier alpha value is -3.06. The third kappa shape index (κ3) is 4.37. The van der Waals surface area contributed by atoms with Crippen LogP contribution in [-0.2, 0) is 20.9 Å². The van der Waals surface area contributed by atoms with Gasteiger partial charge in [0.2, 0.25) is 5.91 Å². The van der Waals surface area contributed by atoms with Crippen LogP contribution >= 0.6 is 0 Å². The van der Waals surface area contributed by atoms with Crippen molar-refractivity contribution < 1.29 is 23.8 Å². The second kappa shape index (κ2) is 9.39. The van der Waals surface area contributed by atoms with Gasteiger partial charge in [0.05, 0.1) is 26.8 Å². The summed E-state index contributed by atoms with van der Waals surface area (Å²) >= 11 is 0. The molecule has 2 fully saturated rings. The van der Waals surface area contributed by atoms with Gasteiger partial charge in [0.1, 0.15) is 18.1 Å². The number of carbonyl (C=O) groups is 2. The monoisotopic (exact) mass is 424 g/mol. The number of methoxy groups -OCH3 is 2. The lowest BCUT2D eigenvalue weighted by atomic mass is 9.96. The molecule has 7 nitrogen and oxygen atoms in total. The van der Waals surface area contributed by atoms with Crippen LogP contribution < -0.4 is 9.47 Å². The van der Waals surface area contributed by atoms with Crippen molar-refractivity contribution in [3.8, 4) is 11.5 Å². The minimum absolute atomic E-state index is 0.0504. The molecule has 2 atom stereocenters. The van der Waals surface area contributed by atoms with E-state index in [0.717, 1.165) is 37.1 Å². The first-order chi connectivity index (χ1) is 15.1. The van der Waals surface area contributed by atoms with Crippen molar-refractivity contribution in [1.29, 1.82) is 0 Å². The van der Waals surface area contributed by atoms with Gasteiger partial charge in [-0.25, -0.2) is 0 Å². The van der Waals surface area contributed by atoms with Gasteiger partial charge in [0.25, 0.3) is 5.91 Å². The molecule has 0 saturated carbocycles. The van der Waals surface area contributed by atoms with Crippen LogP contribution in [0.15, 0.2) is 48.5 Å². The highest BCUT2D eigenvalue weighted by Crippen LogP contribution is 2.35. The number of rotatable bonds is 6. The Morgan fingerprint density at radius 3 is 2.48 bits per heavy atom. The van der Waals surface area contributed by atoms with E-state index >= 15 is 0 Å². The highest BCUT2D eigenvalue weighted by Gasteiger charge is 2.43. The summed E-state index contributed by atoms with van der Waals surface area (Å²) in [5.74, 6) is 1.10. The normalized spacial score (nSPS) is 21.3. The lowest BCUT2D eigenvalue weighted by Gasteiger charge is -2.41. The molecule has 164 valence electrons. The van der Waals surface area contributed by atoms with Gasteiger partial charge in [0.15, 0.2) is 6.10 Å². The van der Waals surface area contributed by atoms with E-state index in [1.165, 1.54) is 0 Å². The predicted molar refractivity (Wildman–Crippen MR) is 115 cm³/mol. The molecule has 0 radical (unpaired) electrons. The number of morpholine rings is 1. The van der Waals surface area contributed by atoms with E-state index in [2.05, 4.69) is 0 Å². The fourth-order valence-corrected chi connectivity index (χ4v) is 4.33. The summed E-state index contributed by atoms with van der Waals surface area (Å²) in [5.41, 5.74) is 1.72. The highest BCUT2D eigenvalue weighted by molar-refractivity contribution is 5.86. The van der Waals surface area contributed by atoms with Crippen LogP contribution in [0.4, 0.5) is 0 Å². The van der Waals surface area contributed by atoms with Crippen LogP contribution in [-0.4, -0.2) is 61.6 Å². The van der Waals surface area contributed by atoms with Crippen molar-refractivity contribution in [1.82, 2.24) is 9.80 Å². The third-order valence-electron chi connectivity index (χ3n) is 5.97. The first-order valence-corrected chi connectivity index (χ1v) is 10.6. The molecule has 0 aliphatic carbocycles. The minimum atomic E-state index is -0.734. The van der Waals surface area contributed by atoms with Gasteiger partial charge < -0.3 is 24.0 Å². The Morgan fingerprint density at radius 2 is 1.81 bits per heavy atom. The van der Waals surface area contributed by atoms with Crippen LogP contribution in [0.2, 0.25) is 0 Å². The molecule has 4 rings (SSSR count). The first kappa shape index (κ1) is 21.2. The van der Waals surface area contributed by atoms with Gasteiger partial charge in [-0.3, -0.25) is 9.59 Å². The molecule has 2 amide bonds. The molecule has 2 saturated heterocycles. The molecular formula is C24H28N2O5. The minimum Gasteiger partial charge on any atom is -0.497 e. The average molecular weight is 424 g/mol. The van der Waals surface area contributed by atoms with Crippen molar-refractivity contribution in [2.24, 2.45) is 0 Å². The highest BCUT2D eigenvalue weighted by atomic mass is 16.5. The number of likely N-dealkylation sites (tertiary alicyclic amines) is 1. The molecule has 2 aliphatic rings. The Kier molecular flexibility index (Phi) is 6.42. The molecule has 2 aliphatic heterocycles. The SMILES string of the molecule is COc1ccc(CN2C(=O)CO[C@@H](C(=O)N3CCCC3)[C@@H]2c2ccccc2)c(OC)c1. The second-order valence-electron chi connectivity index (χ2n) is 7.82.